The molecule has 1 aromatic heterocycles. The summed E-state index contributed by atoms with van der Waals surface area (Å²) in [4.78, 5) is 16.5. The number of hydrogen-bond acceptors (Lipinski definition) is 2. The predicted molar refractivity (Wildman–Crippen MR) is 73.1 cm³/mol. The van der Waals surface area contributed by atoms with Crippen molar-refractivity contribution >= 4 is 5.91 Å². The van der Waals surface area contributed by atoms with E-state index in [4.69, 9.17) is 0 Å². The van der Waals surface area contributed by atoms with Gasteiger partial charge in [-0.1, -0.05) is 0 Å². The fourth-order valence-electron chi connectivity index (χ4n) is 2.63. The van der Waals surface area contributed by atoms with E-state index in [0.29, 0.717) is 6.07 Å². The zero-order valence-electron chi connectivity index (χ0n) is 12.9. The van der Waals surface area contributed by atoms with Crippen molar-refractivity contribution in [2.75, 3.05) is 13.1 Å². The summed E-state index contributed by atoms with van der Waals surface area (Å²) in [7, 11) is 0. The molecular formula is C15H15F7N2O. The van der Waals surface area contributed by atoms with E-state index in [-0.39, 0.29) is 31.6 Å². The minimum absolute atomic E-state index is 0.175. The van der Waals surface area contributed by atoms with Crippen LogP contribution in [0.15, 0.2) is 18.3 Å². The smallest absolute Gasteiger partial charge is 0.342 e. The molecule has 2 heterocycles. The van der Waals surface area contributed by atoms with Crippen LogP contribution < -0.4 is 0 Å². The Hall–Kier alpha value is -1.87. The summed E-state index contributed by atoms with van der Waals surface area (Å²) in [5, 5.41) is 0. The molecule has 3 nitrogen and oxygen atoms in total. The van der Waals surface area contributed by atoms with Crippen LogP contribution in [-0.2, 0) is 16.6 Å². The zero-order valence-corrected chi connectivity index (χ0v) is 12.9. The van der Waals surface area contributed by atoms with Gasteiger partial charge in [0.1, 0.15) is 0 Å². The average molecular weight is 372 g/mol. The molecule has 25 heavy (non-hydrogen) atoms. The lowest BCUT2D eigenvalue weighted by atomic mass is 9.88. The molecule has 0 atom stereocenters. The molecule has 1 aromatic rings. The molecule has 0 spiro atoms. The van der Waals surface area contributed by atoms with Gasteiger partial charge in [0.15, 0.2) is 5.67 Å². The molecule has 0 radical (unpaired) electrons. The third kappa shape index (κ3) is 5.05. The second-order valence-corrected chi connectivity index (χ2v) is 5.89. The largest absolute Gasteiger partial charge is 0.416 e. The first-order valence-corrected chi connectivity index (χ1v) is 7.48. The summed E-state index contributed by atoms with van der Waals surface area (Å²) in [6, 6.07) is 1.35. The van der Waals surface area contributed by atoms with E-state index in [1.807, 2.05) is 0 Å². The highest BCUT2D eigenvalue weighted by molar-refractivity contribution is 5.76. The third-order valence-electron chi connectivity index (χ3n) is 4.08. The lowest BCUT2D eigenvalue weighted by Gasteiger charge is -2.36. The van der Waals surface area contributed by atoms with Crippen molar-refractivity contribution in [3.8, 4) is 0 Å². The van der Waals surface area contributed by atoms with Crippen molar-refractivity contribution in [2.45, 2.75) is 43.7 Å². The van der Waals surface area contributed by atoms with E-state index in [9.17, 15) is 35.5 Å². The molecule has 2 rings (SSSR count). The van der Waals surface area contributed by atoms with E-state index in [0.717, 1.165) is 17.2 Å². The van der Waals surface area contributed by atoms with Crippen LogP contribution in [0.5, 0.6) is 0 Å². The number of halogens is 7. The van der Waals surface area contributed by atoms with Crippen molar-refractivity contribution in [2.24, 2.45) is 0 Å². The van der Waals surface area contributed by atoms with Gasteiger partial charge < -0.3 is 4.90 Å². The number of alkyl halides is 7. The average Bonchev–Trinajstić information content (AvgIpc) is 2.52. The minimum Gasteiger partial charge on any atom is -0.342 e. The summed E-state index contributed by atoms with van der Waals surface area (Å²) < 4.78 is 89.5. The molecule has 0 aromatic carbocycles. The Morgan fingerprint density at radius 2 is 1.76 bits per heavy atom. The van der Waals surface area contributed by atoms with Crippen molar-refractivity contribution in [1.29, 1.82) is 0 Å². The maximum Gasteiger partial charge on any atom is 0.416 e. The molecule has 1 aliphatic heterocycles. The first-order chi connectivity index (χ1) is 11.4. The molecule has 1 aliphatic rings. The quantitative estimate of drug-likeness (QED) is 0.744. The van der Waals surface area contributed by atoms with Gasteiger partial charge in [-0.25, -0.2) is 4.39 Å². The second-order valence-electron chi connectivity index (χ2n) is 5.89. The van der Waals surface area contributed by atoms with Crippen molar-refractivity contribution in [3.63, 3.8) is 0 Å². The molecule has 1 amide bonds. The summed E-state index contributed by atoms with van der Waals surface area (Å²) in [6.45, 7) is -0.351. The van der Waals surface area contributed by atoms with Crippen LogP contribution in [0.3, 0.4) is 0 Å². The zero-order chi connectivity index (χ0) is 18.9. The van der Waals surface area contributed by atoms with Crippen LogP contribution in [0.25, 0.3) is 0 Å². The van der Waals surface area contributed by atoms with Gasteiger partial charge in [-0.15, -0.1) is 0 Å². The highest BCUT2D eigenvalue weighted by atomic mass is 19.4. The number of piperidine rings is 1. The lowest BCUT2D eigenvalue weighted by Crippen LogP contribution is -2.43. The van der Waals surface area contributed by atoms with Gasteiger partial charge in [0.2, 0.25) is 5.91 Å². The number of rotatable bonds is 3. The molecule has 10 heteroatoms. The number of carbonyl (C=O) groups is 1. The van der Waals surface area contributed by atoms with E-state index >= 15 is 0 Å². The van der Waals surface area contributed by atoms with Gasteiger partial charge in [0.05, 0.1) is 17.7 Å². The van der Waals surface area contributed by atoms with Crippen LogP contribution in [0.4, 0.5) is 30.7 Å². The van der Waals surface area contributed by atoms with Gasteiger partial charge >= 0.3 is 12.4 Å². The topological polar surface area (TPSA) is 33.2 Å². The molecule has 1 saturated heterocycles. The lowest BCUT2D eigenvalue weighted by molar-refractivity contribution is -0.150. The highest BCUT2D eigenvalue weighted by Gasteiger charge is 2.41. The number of pyridine rings is 1. The summed E-state index contributed by atoms with van der Waals surface area (Å²) in [5.41, 5.74) is -3.56. The normalized spacial score (nSPS) is 18.3. The number of nitrogens with zero attached hydrogens (tertiary/aromatic N) is 2. The number of carbonyl (C=O) groups excluding carboxylic acids is 1. The summed E-state index contributed by atoms with van der Waals surface area (Å²) in [5.74, 6) is -0.753. The van der Waals surface area contributed by atoms with Crippen LogP contribution in [0.1, 0.15) is 36.9 Å². The fraction of sp³-hybridized carbons (Fsp3) is 0.600. The Morgan fingerprint density at radius 1 is 1.16 bits per heavy atom. The van der Waals surface area contributed by atoms with E-state index in [1.54, 1.807) is 0 Å². The predicted octanol–water partition coefficient (Wildman–Crippen LogP) is 4.23. The fourth-order valence-corrected chi connectivity index (χ4v) is 2.63. The van der Waals surface area contributed by atoms with Gasteiger partial charge in [0.25, 0.3) is 0 Å². The second kappa shape index (κ2) is 6.80. The molecule has 0 unspecified atom stereocenters. The minimum atomic E-state index is -4.64. The third-order valence-corrected chi connectivity index (χ3v) is 4.08. The Kier molecular flexibility index (Phi) is 5.29. The van der Waals surface area contributed by atoms with E-state index < -0.39 is 42.3 Å². The van der Waals surface area contributed by atoms with Crippen molar-refractivity contribution in [1.82, 2.24) is 9.88 Å². The Labute approximate surface area is 138 Å². The molecule has 1 fully saturated rings. The molecular weight excluding hydrogens is 357 g/mol. The molecule has 140 valence electrons. The van der Waals surface area contributed by atoms with Gasteiger partial charge in [-0.2, -0.15) is 26.3 Å². The highest BCUT2D eigenvalue weighted by Crippen LogP contribution is 2.38. The molecule has 0 aliphatic carbocycles. The first kappa shape index (κ1) is 19.5. The monoisotopic (exact) mass is 372 g/mol. The summed E-state index contributed by atoms with van der Waals surface area (Å²) >= 11 is 0. The maximum atomic E-state index is 14.9. The molecule has 0 N–H and O–H groups in total. The Bertz CT molecular complexity index is 619. The molecule has 0 bridgehead atoms. The number of aromatic nitrogens is 1. The summed E-state index contributed by atoms with van der Waals surface area (Å²) in [6.07, 6.45) is -10.9. The van der Waals surface area contributed by atoms with E-state index in [2.05, 4.69) is 4.98 Å². The van der Waals surface area contributed by atoms with Crippen molar-refractivity contribution < 1.29 is 35.5 Å². The van der Waals surface area contributed by atoms with E-state index in [1.165, 1.54) is 0 Å². The van der Waals surface area contributed by atoms with Crippen LogP contribution >= 0.6 is 0 Å². The Morgan fingerprint density at radius 3 is 2.28 bits per heavy atom. The van der Waals surface area contributed by atoms with Gasteiger partial charge in [-0.3, -0.25) is 9.78 Å². The standard InChI is InChI=1S/C15H15F7N2O/c16-13(11-9-10(2-6-23-11)15(20,21)22)4-7-24(8-5-13)12(25)1-3-14(17,18)19/h2,6,9H,1,3-5,7-8H2. The molecule has 0 saturated carbocycles. The number of likely N-dealkylation sites (tertiary alicyclic amines) is 1. The van der Waals surface area contributed by atoms with Gasteiger partial charge in [0, 0.05) is 38.5 Å². The Balaban J connectivity index is 2.02. The SMILES string of the molecule is O=C(CCC(F)(F)F)N1CCC(F)(c2cc(C(F)(F)F)ccn2)CC1. The number of hydrogen-bond donors (Lipinski definition) is 0. The first-order valence-electron chi connectivity index (χ1n) is 7.48. The van der Waals surface area contributed by atoms with Crippen LogP contribution in [-0.4, -0.2) is 35.1 Å². The van der Waals surface area contributed by atoms with Crippen molar-refractivity contribution in [3.05, 3.63) is 29.6 Å². The van der Waals surface area contributed by atoms with Gasteiger partial charge in [-0.05, 0) is 12.1 Å². The maximum absolute atomic E-state index is 14.9. The van der Waals surface area contributed by atoms with Crippen LogP contribution in [0.2, 0.25) is 0 Å². The van der Waals surface area contributed by atoms with Crippen LogP contribution in [0, 0.1) is 0 Å². The number of amides is 1.